The average molecular weight is 400 g/mol. The second-order valence-corrected chi connectivity index (χ2v) is 6.93. The van der Waals surface area contributed by atoms with Gasteiger partial charge in [-0.15, -0.1) is 0 Å². The molecule has 0 aliphatic carbocycles. The third kappa shape index (κ3) is 3.96. The van der Waals surface area contributed by atoms with Crippen molar-refractivity contribution in [1.82, 2.24) is 5.32 Å². The Balaban J connectivity index is 1.74. The quantitative estimate of drug-likeness (QED) is 0.564. The summed E-state index contributed by atoms with van der Waals surface area (Å²) in [5.74, 6) is 1.24. The Morgan fingerprint density at radius 3 is 2.55 bits per heavy atom. The Morgan fingerprint density at radius 1 is 1.21 bits per heavy atom. The molecule has 0 saturated carbocycles. The highest BCUT2D eigenvalue weighted by Crippen LogP contribution is 2.40. The van der Waals surface area contributed by atoms with Gasteiger partial charge >= 0.3 is 0 Å². The Kier molecular flexibility index (Phi) is 5.91. The first-order chi connectivity index (χ1) is 13.9. The topological polar surface area (TPSA) is 99.9 Å². The summed E-state index contributed by atoms with van der Waals surface area (Å²) in [6.45, 7) is 4.26. The number of nitrogens with zero attached hydrogens (tertiary/aromatic N) is 1. The summed E-state index contributed by atoms with van der Waals surface area (Å²) in [5, 5.41) is 14.2. The van der Waals surface area contributed by atoms with Crippen LogP contribution in [-0.2, 0) is 6.42 Å². The predicted molar refractivity (Wildman–Crippen MR) is 107 cm³/mol. The van der Waals surface area contributed by atoms with Gasteiger partial charge in [0.1, 0.15) is 11.9 Å². The minimum atomic E-state index is -0.472. The lowest BCUT2D eigenvalue weighted by molar-refractivity contribution is -0.385. The first kappa shape index (κ1) is 20.4. The van der Waals surface area contributed by atoms with Crippen molar-refractivity contribution in [2.75, 3.05) is 20.8 Å². The third-order valence-corrected chi connectivity index (χ3v) is 5.25. The molecular formula is C21H24N2O6. The van der Waals surface area contributed by atoms with E-state index in [-0.39, 0.29) is 42.3 Å². The largest absolute Gasteiger partial charge is 0.493 e. The van der Waals surface area contributed by atoms with Gasteiger partial charge in [-0.25, -0.2) is 0 Å². The van der Waals surface area contributed by atoms with Crippen LogP contribution >= 0.6 is 0 Å². The number of nitrogens with one attached hydrogen (secondary N) is 1. The van der Waals surface area contributed by atoms with Crippen LogP contribution in [0, 0.1) is 10.1 Å². The van der Waals surface area contributed by atoms with Crippen molar-refractivity contribution in [3.05, 3.63) is 57.1 Å². The second kappa shape index (κ2) is 8.38. The molecule has 2 aromatic rings. The zero-order chi connectivity index (χ0) is 21.1. The number of methoxy groups -OCH3 is 2. The van der Waals surface area contributed by atoms with Crippen molar-refractivity contribution in [2.24, 2.45) is 0 Å². The number of nitro benzene ring substituents is 1. The maximum atomic E-state index is 12.7. The summed E-state index contributed by atoms with van der Waals surface area (Å²) in [6.07, 6.45) is 0.277. The number of carbonyl (C=O) groups excluding carboxylic acids is 1. The van der Waals surface area contributed by atoms with E-state index < -0.39 is 4.92 Å². The monoisotopic (exact) mass is 400 g/mol. The van der Waals surface area contributed by atoms with Crippen LogP contribution in [0.4, 0.5) is 5.69 Å². The molecule has 0 fully saturated rings. The molecule has 1 heterocycles. The molecule has 0 radical (unpaired) electrons. The Labute approximate surface area is 168 Å². The zero-order valence-corrected chi connectivity index (χ0v) is 16.9. The first-order valence-corrected chi connectivity index (χ1v) is 9.34. The first-order valence-electron chi connectivity index (χ1n) is 9.34. The SMILES string of the molecule is COc1cc(CCNC(=O)c2cccc3c2OC(C)C3C)c([N+](=O)[O-])cc1OC. The van der Waals surface area contributed by atoms with Gasteiger partial charge in [0.25, 0.3) is 11.6 Å². The van der Waals surface area contributed by atoms with E-state index >= 15 is 0 Å². The van der Waals surface area contributed by atoms with E-state index in [9.17, 15) is 14.9 Å². The molecule has 0 saturated heterocycles. The number of benzene rings is 2. The van der Waals surface area contributed by atoms with Crippen molar-refractivity contribution in [3.63, 3.8) is 0 Å². The Morgan fingerprint density at radius 2 is 1.90 bits per heavy atom. The number of hydrogen-bond acceptors (Lipinski definition) is 6. The number of rotatable bonds is 7. The maximum absolute atomic E-state index is 12.7. The molecule has 2 aromatic carbocycles. The molecule has 0 aromatic heterocycles. The predicted octanol–water partition coefficient (Wildman–Crippen LogP) is 3.47. The summed E-state index contributed by atoms with van der Waals surface area (Å²) in [7, 11) is 2.89. The van der Waals surface area contributed by atoms with Crippen LogP contribution in [0.5, 0.6) is 17.2 Å². The van der Waals surface area contributed by atoms with Gasteiger partial charge in [0.05, 0.1) is 30.8 Å². The molecule has 1 N–H and O–H groups in total. The number of amides is 1. The van der Waals surface area contributed by atoms with Crippen molar-refractivity contribution in [1.29, 1.82) is 0 Å². The molecule has 8 nitrogen and oxygen atoms in total. The number of carbonyl (C=O) groups is 1. The van der Waals surface area contributed by atoms with E-state index in [1.165, 1.54) is 20.3 Å². The summed E-state index contributed by atoms with van der Waals surface area (Å²) < 4.78 is 16.2. The fourth-order valence-corrected chi connectivity index (χ4v) is 3.45. The van der Waals surface area contributed by atoms with Gasteiger partial charge in [0.15, 0.2) is 11.5 Å². The van der Waals surface area contributed by atoms with E-state index in [1.807, 2.05) is 19.1 Å². The standard InChI is InChI=1S/C21H24N2O6/c1-12-13(2)29-20-15(12)6-5-7-16(20)21(24)22-9-8-14-10-18(27-3)19(28-4)11-17(14)23(25)26/h5-7,10-13H,8-9H2,1-4H3,(H,22,24). The van der Waals surface area contributed by atoms with Crippen molar-refractivity contribution in [3.8, 4) is 17.2 Å². The maximum Gasteiger partial charge on any atom is 0.276 e. The van der Waals surface area contributed by atoms with Gasteiger partial charge < -0.3 is 19.5 Å². The van der Waals surface area contributed by atoms with Gasteiger partial charge in [0, 0.05) is 23.6 Å². The molecule has 0 spiro atoms. The molecule has 154 valence electrons. The molecule has 3 rings (SSSR count). The molecule has 1 aliphatic rings. The Bertz CT molecular complexity index is 943. The van der Waals surface area contributed by atoms with E-state index in [4.69, 9.17) is 14.2 Å². The average Bonchev–Trinajstić information content (AvgIpc) is 3.01. The highest BCUT2D eigenvalue weighted by molar-refractivity contribution is 5.97. The van der Waals surface area contributed by atoms with Crippen molar-refractivity contribution >= 4 is 11.6 Å². The molecule has 8 heteroatoms. The molecule has 1 aliphatic heterocycles. The summed E-state index contributed by atoms with van der Waals surface area (Å²) in [6, 6.07) is 8.42. The van der Waals surface area contributed by atoms with E-state index in [0.29, 0.717) is 22.6 Å². The molecule has 2 unspecified atom stereocenters. The summed E-state index contributed by atoms with van der Waals surface area (Å²) >= 11 is 0. The van der Waals surface area contributed by atoms with Gasteiger partial charge in [-0.05, 0) is 25.5 Å². The lowest BCUT2D eigenvalue weighted by Crippen LogP contribution is -2.26. The molecule has 1 amide bonds. The molecule has 0 bridgehead atoms. The van der Waals surface area contributed by atoms with Crippen molar-refractivity contribution in [2.45, 2.75) is 32.3 Å². The van der Waals surface area contributed by atoms with Crippen LogP contribution in [-0.4, -0.2) is 37.7 Å². The Hall–Kier alpha value is -3.29. The lowest BCUT2D eigenvalue weighted by Gasteiger charge is -2.12. The van der Waals surface area contributed by atoms with Crippen molar-refractivity contribution < 1.29 is 23.9 Å². The number of fused-ring (bicyclic) bond motifs is 1. The number of nitro groups is 1. The van der Waals surface area contributed by atoms with Gasteiger partial charge in [0.2, 0.25) is 0 Å². The van der Waals surface area contributed by atoms with Crippen LogP contribution < -0.4 is 19.5 Å². The van der Waals surface area contributed by atoms with E-state index in [0.717, 1.165) is 5.56 Å². The molecule has 29 heavy (non-hydrogen) atoms. The minimum absolute atomic E-state index is 0.00774. The van der Waals surface area contributed by atoms with Crippen LogP contribution in [0.15, 0.2) is 30.3 Å². The van der Waals surface area contributed by atoms with Crippen LogP contribution in [0.2, 0.25) is 0 Å². The van der Waals surface area contributed by atoms with Gasteiger partial charge in [-0.2, -0.15) is 0 Å². The summed E-state index contributed by atoms with van der Waals surface area (Å²) in [4.78, 5) is 23.6. The third-order valence-electron chi connectivity index (χ3n) is 5.25. The smallest absolute Gasteiger partial charge is 0.276 e. The molecular weight excluding hydrogens is 376 g/mol. The number of ether oxygens (including phenoxy) is 3. The fourth-order valence-electron chi connectivity index (χ4n) is 3.45. The van der Waals surface area contributed by atoms with E-state index in [2.05, 4.69) is 12.2 Å². The summed E-state index contributed by atoms with van der Waals surface area (Å²) in [5.41, 5.74) is 1.86. The van der Waals surface area contributed by atoms with Crippen LogP contribution in [0.1, 0.15) is 41.3 Å². The number of para-hydroxylation sites is 1. The highest BCUT2D eigenvalue weighted by atomic mass is 16.6. The second-order valence-electron chi connectivity index (χ2n) is 6.93. The lowest BCUT2D eigenvalue weighted by atomic mass is 9.97. The van der Waals surface area contributed by atoms with Crippen LogP contribution in [0.3, 0.4) is 0 Å². The van der Waals surface area contributed by atoms with E-state index in [1.54, 1.807) is 12.1 Å². The minimum Gasteiger partial charge on any atom is -0.493 e. The normalized spacial score (nSPS) is 17.2. The van der Waals surface area contributed by atoms with Gasteiger partial charge in [-0.1, -0.05) is 19.1 Å². The fraction of sp³-hybridized carbons (Fsp3) is 0.381. The zero-order valence-electron chi connectivity index (χ0n) is 16.9. The van der Waals surface area contributed by atoms with Gasteiger partial charge in [-0.3, -0.25) is 14.9 Å². The van der Waals surface area contributed by atoms with Crippen LogP contribution in [0.25, 0.3) is 0 Å². The highest BCUT2D eigenvalue weighted by Gasteiger charge is 2.31. The molecule has 2 atom stereocenters. The number of hydrogen-bond donors (Lipinski definition) is 1.